The quantitative estimate of drug-likeness (QED) is 0.752. The molecule has 128 valence electrons. The summed E-state index contributed by atoms with van der Waals surface area (Å²) in [7, 11) is 0. The Hall–Kier alpha value is -2.23. The number of nitrogens with one attached hydrogen (secondary N) is 1. The lowest BCUT2D eigenvalue weighted by atomic mass is 9.98. The van der Waals surface area contributed by atoms with Gasteiger partial charge in [-0.3, -0.25) is 4.90 Å². The zero-order valence-corrected chi connectivity index (χ0v) is 15.1. The molecular weight excluding hydrogens is 300 g/mol. The van der Waals surface area contributed by atoms with E-state index in [1.54, 1.807) is 0 Å². The molecule has 1 atom stereocenters. The summed E-state index contributed by atoms with van der Waals surface area (Å²) in [6, 6.07) is 6.14. The number of carbonyl (C=O) groups excluding carboxylic acids is 1. The van der Waals surface area contributed by atoms with Crippen LogP contribution < -0.4 is 0 Å². The number of allylic oxidation sites excluding steroid dienone is 1. The van der Waals surface area contributed by atoms with Crippen molar-refractivity contribution in [3.05, 3.63) is 47.2 Å². The van der Waals surface area contributed by atoms with Crippen LogP contribution in [0.15, 0.2) is 36.0 Å². The van der Waals surface area contributed by atoms with Crippen LogP contribution in [-0.2, 0) is 11.2 Å². The van der Waals surface area contributed by atoms with E-state index in [4.69, 9.17) is 4.74 Å². The van der Waals surface area contributed by atoms with Crippen molar-refractivity contribution >= 4 is 17.0 Å². The molecule has 2 aromatic rings. The minimum Gasteiger partial charge on any atom is -0.444 e. The van der Waals surface area contributed by atoms with Crippen LogP contribution in [0.4, 0.5) is 4.79 Å². The zero-order chi connectivity index (χ0) is 17.5. The van der Waals surface area contributed by atoms with E-state index in [2.05, 4.69) is 43.2 Å². The molecule has 1 N–H and O–H groups in total. The second-order valence-electron chi connectivity index (χ2n) is 7.70. The van der Waals surface area contributed by atoms with Crippen molar-refractivity contribution in [1.82, 2.24) is 9.88 Å². The van der Waals surface area contributed by atoms with Crippen LogP contribution in [-0.4, -0.2) is 28.1 Å². The van der Waals surface area contributed by atoms with Gasteiger partial charge in [0.15, 0.2) is 0 Å². The number of benzene rings is 1. The van der Waals surface area contributed by atoms with Gasteiger partial charge in [-0.2, -0.15) is 0 Å². The fraction of sp³-hybridized carbons (Fsp3) is 0.450. The maximum Gasteiger partial charge on any atom is 0.411 e. The van der Waals surface area contributed by atoms with Gasteiger partial charge in [0.05, 0.1) is 6.04 Å². The molecule has 0 bridgehead atoms. The van der Waals surface area contributed by atoms with E-state index < -0.39 is 5.60 Å². The monoisotopic (exact) mass is 326 g/mol. The molecule has 0 radical (unpaired) electrons. The second kappa shape index (κ2) is 6.00. The first-order valence-corrected chi connectivity index (χ1v) is 8.50. The van der Waals surface area contributed by atoms with E-state index in [9.17, 15) is 4.79 Å². The first-order chi connectivity index (χ1) is 11.3. The van der Waals surface area contributed by atoms with Crippen LogP contribution in [0.25, 0.3) is 10.9 Å². The number of H-pyrrole nitrogens is 1. The third-order valence-electron chi connectivity index (χ3n) is 4.22. The van der Waals surface area contributed by atoms with Gasteiger partial charge < -0.3 is 9.72 Å². The van der Waals surface area contributed by atoms with Crippen LogP contribution in [0.5, 0.6) is 0 Å². The molecule has 4 nitrogen and oxygen atoms in total. The smallest absolute Gasteiger partial charge is 0.411 e. The molecule has 0 aliphatic carbocycles. The summed E-state index contributed by atoms with van der Waals surface area (Å²) in [4.78, 5) is 18.0. The minimum atomic E-state index is -0.499. The van der Waals surface area contributed by atoms with Gasteiger partial charge in [0.25, 0.3) is 0 Å². The number of hydrogen-bond donors (Lipinski definition) is 1. The fourth-order valence-electron chi connectivity index (χ4n) is 3.30. The highest BCUT2D eigenvalue weighted by molar-refractivity contribution is 5.88. The van der Waals surface area contributed by atoms with Crippen molar-refractivity contribution in [3.63, 3.8) is 0 Å². The van der Waals surface area contributed by atoms with Gasteiger partial charge in [0, 0.05) is 23.6 Å². The van der Waals surface area contributed by atoms with Crippen LogP contribution in [0.3, 0.4) is 0 Å². The Kier molecular flexibility index (Phi) is 4.16. The Morgan fingerprint density at radius 2 is 2.08 bits per heavy atom. The Bertz CT molecular complexity index is 792. The molecular formula is C20H26N2O2. The maximum absolute atomic E-state index is 12.8. The molecule has 1 amide bonds. The van der Waals surface area contributed by atoms with E-state index in [0.29, 0.717) is 6.54 Å². The topological polar surface area (TPSA) is 45.3 Å². The van der Waals surface area contributed by atoms with Gasteiger partial charge in [0.1, 0.15) is 5.60 Å². The van der Waals surface area contributed by atoms with E-state index in [1.807, 2.05) is 31.7 Å². The third-order valence-corrected chi connectivity index (χ3v) is 4.22. The Morgan fingerprint density at radius 1 is 1.33 bits per heavy atom. The van der Waals surface area contributed by atoms with E-state index in [-0.39, 0.29) is 12.1 Å². The summed E-state index contributed by atoms with van der Waals surface area (Å²) in [6.45, 7) is 10.5. The van der Waals surface area contributed by atoms with Gasteiger partial charge >= 0.3 is 6.09 Å². The van der Waals surface area contributed by atoms with Crippen molar-refractivity contribution in [2.75, 3.05) is 6.54 Å². The van der Waals surface area contributed by atoms with Gasteiger partial charge in [0.2, 0.25) is 0 Å². The highest BCUT2D eigenvalue weighted by Gasteiger charge is 2.31. The lowest BCUT2D eigenvalue weighted by Gasteiger charge is -2.32. The number of aromatic nitrogens is 1. The standard InChI is InChI=1S/C20H26N2O2/c1-13(2)11-17-15-7-6-8-16-18(15)14(12-21-16)9-10-22(17)19(23)24-20(3,4)5/h6-8,11-12,17,21H,9-10H2,1-5H3/t17-/m0/s1. The van der Waals surface area contributed by atoms with Crippen molar-refractivity contribution in [2.45, 2.75) is 52.7 Å². The molecule has 4 heteroatoms. The van der Waals surface area contributed by atoms with Gasteiger partial charge in [-0.15, -0.1) is 0 Å². The fourth-order valence-corrected chi connectivity index (χ4v) is 3.30. The highest BCUT2D eigenvalue weighted by Crippen LogP contribution is 2.36. The molecule has 1 aromatic heterocycles. The summed E-state index contributed by atoms with van der Waals surface area (Å²) in [5.41, 5.74) is 4.23. The van der Waals surface area contributed by atoms with Crippen LogP contribution in [0.1, 0.15) is 51.8 Å². The molecule has 0 saturated heterocycles. The van der Waals surface area contributed by atoms with Gasteiger partial charge in [-0.25, -0.2) is 4.79 Å². The average Bonchev–Trinajstić information content (AvgIpc) is 2.80. The van der Waals surface area contributed by atoms with Crippen LogP contribution in [0, 0.1) is 0 Å². The average molecular weight is 326 g/mol. The van der Waals surface area contributed by atoms with Crippen molar-refractivity contribution < 1.29 is 9.53 Å². The summed E-state index contributed by atoms with van der Waals surface area (Å²) in [5.74, 6) is 0. The molecule has 0 spiro atoms. The largest absolute Gasteiger partial charge is 0.444 e. The van der Waals surface area contributed by atoms with Gasteiger partial charge in [-0.05, 0) is 58.2 Å². The summed E-state index contributed by atoms with van der Waals surface area (Å²) in [5, 5.41) is 1.24. The normalized spacial score (nSPS) is 17.5. The molecule has 2 heterocycles. The second-order valence-corrected chi connectivity index (χ2v) is 7.70. The minimum absolute atomic E-state index is 0.106. The van der Waals surface area contributed by atoms with Crippen LogP contribution in [0.2, 0.25) is 0 Å². The van der Waals surface area contributed by atoms with Crippen molar-refractivity contribution in [2.24, 2.45) is 0 Å². The Morgan fingerprint density at radius 3 is 2.75 bits per heavy atom. The third kappa shape index (κ3) is 3.18. The Balaban J connectivity index is 2.10. The van der Waals surface area contributed by atoms with Crippen molar-refractivity contribution in [1.29, 1.82) is 0 Å². The lowest BCUT2D eigenvalue weighted by molar-refractivity contribution is 0.0202. The summed E-state index contributed by atoms with van der Waals surface area (Å²) in [6.07, 6.45) is 4.78. The summed E-state index contributed by atoms with van der Waals surface area (Å²) >= 11 is 0. The van der Waals surface area contributed by atoms with Crippen molar-refractivity contribution in [3.8, 4) is 0 Å². The molecule has 3 rings (SSSR count). The molecule has 1 aliphatic rings. The molecule has 0 unspecified atom stereocenters. The highest BCUT2D eigenvalue weighted by atomic mass is 16.6. The number of carbonyl (C=O) groups is 1. The number of amides is 1. The molecule has 1 aromatic carbocycles. The number of ether oxygens (including phenoxy) is 1. The summed E-state index contributed by atoms with van der Waals surface area (Å²) < 4.78 is 5.67. The number of rotatable bonds is 1. The predicted octanol–water partition coefficient (Wildman–Crippen LogP) is 4.97. The number of aromatic amines is 1. The van der Waals surface area contributed by atoms with Gasteiger partial charge in [-0.1, -0.05) is 23.8 Å². The maximum atomic E-state index is 12.8. The Labute approximate surface area is 143 Å². The molecule has 0 saturated carbocycles. The van der Waals surface area contributed by atoms with E-state index >= 15 is 0 Å². The molecule has 1 aliphatic heterocycles. The first-order valence-electron chi connectivity index (χ1n) is 8.50. The lowest BCUT2D eigenvalue weighted by Crippen LogP contribution is -2.39. The predicted molar refractivity (Wildman–Crippen MR) is 97.1 cm³/mol. The molecule has 24 heavy (non-hydrogen) atoms. The zero-order valence-electron chi connectivity index (χ0n) is 15.1. The van der Waals surface area contributed by atoms with E-state index in [1.165, 1.54) is 16.5 Å². The SMILES string of the molecule is CC(C)=C[C@H]1c2cccc3[nH]cc(c23)CCN1C(=O)OC(C)(C)C. The van der Waals surface area contributed by atoms with E-state index in [0.717, 1.165) is 17.5 Å². The molecule has 0 fully saturated rings. The first kappa shape index (κ1) is 16.6. The number of nitrogens with zero attached hydrogens (tertiary/aromatic N) is 1. The number of hydrogen-bond acceptors (Lipinski definition) is 2. The van der Waals surface area contributed by atoms with Crippen LogP contribution >= 0.6 is 0 Å².